The summed E-state index contributed by atoms with van der Waals surface area (Å²) in [6.07, 6.45) is 6.53. The van der Waals surface area contributed by atoms with Gasteiger partial charge in [0, 0.05) is 0 Å². The number of carbonyl (C=O) groups excluding carboxylic acids is 1. The van der Waals surface area contributed by atoms with Crippen molar-refractivity contribution in [2.24, 2.45) is 17.6 Å². The van der Waals surface area contributed by atoms with E-state index >= 15 is 0 Å². The maximum atomic E-state index is 12.9. The van der Waals surface area contributed by atoms with Crippen molar-refractivity contribution in [3.05, 3.63) is 52.1 Å². The first-order valence-corrected chi connectivity index (χ1v) is 9.50. The number of amides is 1. The van der Waals surface area contributed by atoms with Crippen LogP contribution in [-0.2, 0) is 22.0 Å². The van der Waals surface area contributed by atoms with Crippen molar-refractivity contribution >= 4 is 12.0 Å². The minimum Gasteiger partial charge on any atom is -0.369 e. The molecule has 2 fully saturated rings. The summed E-state index contributed by atoms with van der Waals surface area (Å²) >= 11 is 0. The molecule has 1 aromatic rings. The van der Waals surface area contributed by atoms with Gasteiger partial charge in [-0.1, -0.05) is 56.7 Å². The molecule has 2 bridgehead atoms. The van der Waals surface area contributed by atoms with E-state index in [0.717, 1.165) is 36.8 Å². The molecule has 2 heteroatoms. The van der Waals surface area contributed by atoms with E-state index < -0.39 is 5.41 Å². The summed E-state index contributed by atoms with van der Waals surface area (Å²) < 4.78 is 0. The Hall–Kier alpha value is -1.83. The van der Waals surface area contributed by atoms with E-state index in [4.69, 9.17) is 5.73 Å². The maximum absolute atomic E-state index is 12.9. The Morgan fingerprint density at radius 3 is 2.56 bits per heavy atom. The Labute approximate surface area is 151 Å². The molecule has 0 aliphatic heterocycles. The van der Waals surface area contributed by atoms with Gasteiger partial charge in [-0.25, -0.2) is 0 Å². The lowest BCUT2D eigenvalue weighted by molar-refractivity contribution is -0.123. The largest absolute Gasteiger partial charge is 0.369 e. The molecule has 4 rings (SSSR count). The zero-order chi connectivity index (χ0) is 18.1. The van der Waals surface area contributed by atoms with E-state index in [1.165, 1.54) is 22.3 Å². The van der Waals surface area contributed by atoms with Crippen LogP contribution in [0.4, 0.5) is 0 Å². The van der Waals surface area contributed by atoms with Crippen LogP contribution in [-0.4, -0.2) is 5.91 Å². The van der Waals surface area contributed by atoms with Crippen molar-refractivity contribution in [2.75, 3.05) is 0 Å². The van der Waals surface area contributed by atoms with Gasteiger partial charge < -0.3 is 5.73 Å². The topological polar surface area (TPSA) is 43.1 Å². The van der Waals surface area contributed by atoms with E-state index in [2.05, 4.69) is 52.5 Å². The number of hydrogen-bond donors (Lipinski definition) is 1. The van der Waals surface area contributed by atoms with Gasteiger partial charge in [0.1, 0.15) is 0 Å². The average Bonchev–Trinajstić information content (AvgIpc) is 3.17. The molecule has 25 heavy (non-hydrogen) atoms. The number of benzene rings is 1. The first-order chi connectivity index (χ1) is 11.7. The first-order valence-electron chi connectivity index (χ1n) is 9.50. The number of carbonyl (C=O) groups is 1. The summed E-state index contributed by atoms with van der Waals surface area (Å²) in [5.41, 5.74) is 12.9. The van der Waals surface area contributed by atoms with Gasteiger partial charge in [-0.3, -0.25) is 4.79 Å². The van der Waals surface area contributed by atoms with E-state index in [1.54, 1.807) is 0 Å². The SMILES string of the molecule is C=C1C2CCC(C2)C1(C(N)=O)c1cc(C(C)(C)C)cc2c1CC(C)=C2. The molecule has 1 amide bonds. The molecule has 3 atom stereocenters. The molecule has 3 aliphatic rings. The second-order valence-electron chi connectivity index (χ2n) is 9.41. The molecular weight excluding hydrogens is 306 g/mol. The van der Waals surface area contributed by atoms with Crippen LogP contribution in [0.25, 0.3) is 6.08 Å². The van der Waals surface area contributed by atoms with Crippen LogP contribution in [0, 0.1) is 11.8 Å². The molecule has 0 spiro atoms. The summed E-state index contributed by atoms with van der Waals surface area (Å²) in [6.45, 7) is 13.3. The standard InChI is InChI=1S/C23H29NO/c1-13-8-16-11-18(22(3,4)5)12-20(19(16)9-13)23(21(24)25)14(2)15-6-7-17(23)10-15/h8,11-12,15,17H,2,6-7,9-10H2,1,3-5H3,(H2,24,25). The molecule has 3 aliphatic carbocycles. The highest BCUT2D eigenvalue weighted by atomic mass is 16.1. The van der Waals surface area contributed by atoms with Gasteiger partial charge in [-0.05, 0) is 72.1 Å². The van der Waals surface area contributed by atoms with Crippen molar-refractivity contribution in [1.82, 2.24) is 0 Å². The van der Waals surface area contributed by atoms with Crippen LogP contribution in [0.3, 0.4) is 0 Å². The third kappa shape index (κ3) is 2.12. The second-order valence-corrected chi connectivity index (χ2v) is 9.41. The molecule has 2 nitrogen and oxygen atoms in total. The molecule has 2 saturated carbocycles. The Balaban J connectivity index is 2.01. The Bertz CT molecular complexity index is 823. The van der Waals surface area contributed by atoms with Crippen molar-refractivity contribution in [2.45, 2.75) is 64.2 Å². The van der Waals surface area contributed by atoms with Gasteiger partial charge in [0.15, 0.2) is 0 Å². The summed E-state index contributed by atoms with van der Waals surface area (Å²) in [5.74, 6) is 0.590. The van der Waals surface area contributed by atoms with Gasteiger partial charge in [0.25, 0.3) is 0 Å². The molecule has 3 unspecified atom stereocenters. The van der Waals surface area contributed by atoms with Crippen LogP contribution in [0.1, 0.15) is 69.2 Å². The van der Waals surface area contributed by atoms with Gasteiger partial charge in [0.05, 0.1) is 5.41 Å². The highest BCUT2D eigenvalue weighted by molar-refractivity contribution is 5.93. The van der Waals surface area contributed by atoms with Crippen LogP contribution < -0.4 is 5.73 Å². The summed E-state index contributed by atoms with van der Waals surface area (Å²) in [4.78, 5) is 12.9. The Kier molecular flexibility index (Phi) is 3.39. The van der Waals surface area contributed by atoms with E-state index in [-0.39, 0.29) is 11.3 Å². The fraction of sp³-hybridized carbons (Fsp3) is 0.522. The quantitative estimate of drug-likeness (QED) is 0.785. The normalized spacial score (nSPS) is 30.6. The first kappa shape index (κ1) is 16.6. The maximum Gasteiger partial charge on any atom is 0.232 e. The van der Waals surface area contributed by atoms with Gasteiger partial charge in [0.2, 0.25) is 5.91 Å². The molecule has 2 N–H and O–H groups in total. The highest BCUT2D eigenvalue weighted by Crippen LogP contribution is 2.61. The van der Waals surface area contributed by atoms with Crippen LogP contribution in [0.15, 0.2) is 29.9 Å². The smallest absolute Gasteiger partial charge is 0.232 e. The van der Waals surface area contributed by atoms with Crippen molar-refractivity contribution in [1.29, 1.82) is 0 Å². The molecule has 132 valence electrons. The number of hydrogen-bond acceptors (Lipinski definition) is 1. The fourth-order valence-corrected chi connectivity index (χ4v) is 5.56. The van der Waals surface area contributed by atoms with Gasteiger partial charge >= 0.3 is 0 Å². The Morgan fingerprint density at radius 2 is 2.00 bits per heavy atom. The van der Waals surface area contributed by atoms with Crippen LogP contribution >= 0.6 is 0 Å². The molecule has 0 saturated heterocycles. The minimum absolute atomic E-state index is 0.0336. The zero-order valence-electron chi connectivity index (χ0n) is 15.9. The summed E-state index contributed by atoms with van der Waals surface area (Å²) in [7, 11) is 0. The monoisotopic (exact) mass is 335 g/mol. The molecule has 0 heterocycles. The molecule has 0 aromatic heterocycles. The lowest BCUT2D eigenvalue weighted by atomic mass is 9.63. The third-order valence-corrected chi connectivity index (χ3v) is 6.87. The highest BCUT2D eigenvalue weighted by Gasteiger charge is 2.59. The molecular formula is C23H29NO. The number of primary amides is 1. The second kappa shape index (κ2) is 5.09. The van der Waals surface area contributed by atoms with E-state index in [9.17, 15) is 4.79 Å². The lowest BCUT2D eigenvalue weighted by Crippen LogP contribution is -2.47. The number of fused-ring (bicyclic) bond motifs is 3. The Morgan fingerprint density at radius 1 is 1.28 bits per heavy atom. The average molecular weight is 335 g/mol. The number of allylic oxidation sites excluding steroid dienone is 1. The number of rotatable bonds is 2. The molecule has 0 radical (unpaired) electrons. The zero-order valence-corrected chi connectivity index (χ0v) is 15.9. The lowest BCUT2D eigenvalue weighted by Gasteiger charge is -2.39. The van der Waals surface area contributed by atoms with Crippen molar-refractivity contribution in [3.8, 4) is 0 Å². The van der Waals surface area contributed by atoms with Gasteiger partial charge in [-0.2, -0.15) is 0 Å². The predicted molar refractivity (Wildman–Crippen MR) is 103 cm³/mol. The summed E-state index contributed by atoms with van der Waals surface area (Å²) in [5, 5.41) is 0. The van der Waals surface area contributed by atoms with Crippen LogP contribution in [0.5, 0.6) is 0 Å². The predicted octanol–water partition coefficient (Wildman–Crippen LogP) is 4.65. The minimum atomic E-state index is -0.660. The third-order valence-electron chi connectivity index (χ3n) is 6.87. The van der Waals surface area contributed by atoms with Crippen molar-refractivity contribution in [3.63, 3.8) is 0 Å². The van der Waals surface area contributed by atoms with Crippen molar-refractivity contribution < 1.29 is 4.79 Å². The van der Waals surface area contributed by atoms with Crippen LogP contribution in [0.2, 0.25) is 0 Å². The van der Waals surface area contributed by atoms with E-state index in [1.807, 2.05) is 0 Å². The van der Waals surface area contributed by atoms with Gasteiger partial charge in [-0.15, -0.1) is 0 Å². The fourth-order valence-electron chi connectivity index (χ4n) is 5.56. The van der Waals surface area contributed by atoms with E-state index in [0.29, 0.717) is 11.8 Å². The molecule has 1 aromatic carbocycles. The number of nitrogens with two attached hydrogens (primary N) is 1. The summed E-state index contributed by atoms with van der Waals surface area (Å²) in [6, 6.07) is 4.59.